The van der Waals surface area contributed by atoms with E-state index in [1.165, 1.54) is 6.26 Å². The van der Waals surface area contributed by atoms with Crippen molar-refractivity contribution >= 4 is 23.2 Å². The highest BCUT2D eigenvalue weighted by molar-refractivity contribution is 7.11. The SMILES string of the molecule is Cc1nc(C(C)N(C)C(=O)c2n[nH]c3c2CCN(C(=O)c2occc2C)C3)c(C)s1. The van der Waals surface area contributed by atoms with Crippen molar-refractivity contribution in [1.29, 1.82) is 0 Å². The third-order valence-electron chi connectivity index (χ3n) is 5.72. The highest BCUT2D eigenvalue weighted by Crippen LogP contribution is 2.29. The Morgan fingerprint density at radius 1 is 1.33 bits per heavy atom. The molecule has 8 nitrogen and oxygen atoms in total. The minimum atomic E-state index is -0.154. The van der Waals surface area contributed by atoms with Crippen molar-refractivity contribution in [3.8, 4) is 0 Å². The maximum absolute atomic E-state index is 13.2. The van der Waals surface area contributed by atoms with Crippen molar-refractivity contribution in [2.75, 3.05) is 13.6 Å². The molecule has 0 spiro atoms. The molecule has 2 amide bonds. The van der Waals surface area contributed by atoms with Crippen LogP contribution in [0.2, 0.25) is 0 Å². The molecule has 0 fully saturated rings. The predicted molar refractivity (Wildman–Crippen MR) is 113 cm³/mol. The minimum absolute atomic E-state index is 0.147. The second-order valence-electron chi connectivity index (χ2n) is 7.71. The third kappa shape index (κ3) is 3.43. The van der Waals surface area contributed by atoms with Gasteiger partial charge in [-0.05, 0) is 40.2 Å². The molecule has 1 unspecified atom stereocenters. The molecule has 158 valence electrons. The summed E-state index contributed by atoms with van der Waals surface area (Å²) < 4.78 is 5.34. The van der Waals surface area contributed by atoms with Gasteiger partial charge in [0.25, 0.3) is 11.8 Å². The summed E-state index contributed by atoms with van der Waals surface area (Å²) in [5.41, 5.74) is 3.83. The Morgan fingerprint density at radius 3 is 2.73 bits per heavy atom. The summed E-state index contributed by atoms with van der Waals surface area (Å²) in [7, 11) is 1.78. The predicted octanol–water partition coefficient (Wildman–Crippen LogP) is 3.42. The fourth-order valence-corrected chi connectivity index (χ4v) is 4.77. The molecule has 9 heteroatoms. The molecule has 0 aliphatic carbocycles. The van der Waals surface area contributed by atoms with Crippen LogP contribution in [0.3, 0.4) is 0 Å². The van der Waals surface area contributed by atoms with Crippen LogP contribution in [0.15, 0.2) is 16.7 Å². The lowest BCUT2D eigenvalue weighted by atomic mass is 10.0. The number of carbonyl (C=O) groups is 2. The van der Waals surface area contributed by atoms with E-state index in [2.05, 4.69) is 15.2 Å². The number of amides is 2. The van der Waals surface area contributed by atoms with Crippen LogP contribution in [-0.4, -0.2) is 50.4 Å². The van der Waals surface area contributed by atoms with Gasteiger partial charge in [-0.3, -0.25) is 14.7 Å². The molecule has 3 aromatic heterocycles. The van der Waals surface area contributed by atoms with Gasteiger partial charge in [0.05, 0.1) is 35.2 Å². The van der Waals surface area contributed by atoms with Crippen LogP contribution in [0.5, 0.6) is 0 Å². The van der Waals surface area contributed by atoms with E-state index < -0.39 is 0 Å². The van der Waals surface area contributed by atoms with E-state index in [0.29, 0.717) is 31.0 Å². The van der Waals surface area contributed by atoms with Crippen LogP contribution < -0.4 is 0 Å². The minimum Gasteiger partial charge on any atom is -0.459 e. The van der Waals surface area contributed by atoms with Crippen LogP contribution in [0.4, 0.5) is 0 Å². The van der Waals surface area contributed by atoms with Gasteiger partial charge in [-0.2, -0.15) is 5.10 Å². The lowest BCUT2D eigenvalue weighted by Gasteiger charge is -2.27. The van der Waals surface area contributed by atoms with Crippen LogP contribution >= 0.6 is 11.3 Å². The second-order valence-corrected chi connectivity index (χ2v) is 9.11. The van der Waals surface area contributed by atoms with Gasteiger partial charge in [0.2, 0.25) is 0 Å². The quantitative estimate of drug-likeness (QED) is 0.688. The fraction of sp³-hybridized carbons (Fsp3) is 0.429. The molecule has 1 N–H and O–H groups in total. The number of rotatable bonds is 4. The number of nitrogens with one attached hydrogen (secondary N) is 1. The first-order valence-electron chi connectivity index (χ1n) is 9.88. The fourth-order valence-electron chi connectivity index (χ4n) is 3.86. The molecule has 3 aromatic rings. The summed E-state index contributed by atoms with van der Waals surface area (Å²) in [5, 5.41) is 8.26. The Labute approximate surface area is 178 Å². The Bertz CT molecular complexity index is 1110. The van der Waals surface area contributed by atoms with Gasteiger partial charge in [-0.25, -0.2) is 4.98 Å². The number of aromatic amines is 1. The van der Waals surface area contributed by atoms with Crippen LogP contribution in [0.1, 0.15) is 66.4 Å². The number of furan rings is 1. The number of aryl methyl sites for hydroxylation is 3. The van der Waals surface area contributed by atoms with E-state index in [4.69, 9.17) is 4.42 Å². The molecule has 0 bridgehead atoms. The first-order valence-corrected chi connectivity index (χ1v) is 10.7. The van der Waals surface area contributed by atoms with Crippen LogP contribution in [0, 0.1) is 20.8 Å². The lowest BCUT2D eigenvalue weighted by Crippen LogP contribution is -2.37. The Kier molecular flexibility index (Phi) is 5.23. The van der Waals surface area contributed by atoms with E-state index in [0.717, 1.165) is 32.4 Å². The normalized spacial score (nSPS) is 14.5. The molecule has 0 radical (unpaired) electrons. The van der Waals surface area contributed by atoms with Gasteiger partial charge in [0, 0.05) is 29.6 Å². The van der Waals surface area contributed by atoms with E-state index in [1.54, 1.807) is 34.3 Å². The number of nitrogens with zero attached hydrogens (tertiary/aromatic N) is 4. The van der Waals surface area contributed by atoms with Gasteiger partial charge >= 0.3 is 0 Å². The molecule has 1 aliphatic rings. The highest BCUT2D eigenvalue weighted by atomic mass is 32.1. The monoisotopic (exact) mass is 427 g/mol. The molecule has 1 aliphatic heterocycles. The zero-order valence-electron chi connectivity index (χ0n) is 17.8. The van der Waals surface area contributed by atoms with Gasteiger partial charge in [0.1, 0.15) is 0 Å². The van der Waals surface area contributed by atoms with Gasteiger partial charge < -0.3 is 14.2 Å². The molecular weight excluding hydrogens is 402 g/mol. The lowest BCUT2D eigenvalue weighted by molar-refractivity contribution is 0.0698. The van der Waals surface area contributed by atoms with Crippen molar-refractivity contribution in [3.63, 3.8) is 0 Å². The summed E-state index contributed by atoms with van der Waals surface area (Å²) in [6.07, 6.45) is 2.09. The van der Waals surface area contributed by atoms with Crippen molar-refractivity contribution in [2.24, 2.45) is 0 Å². The molecule has 0 saturated carbocycles. The van der Waals surface area contributed by atoms with Crippen molar-refractivity contribution in [3.05, 3.63) is 56.2 Å². The third-order valence-corrected chi connectivity index (χ3v) is 6.62. The maximum atomic E-state index is 13.2. The van der Waals surface area contributed by atoms with Crippen molar-refractivity contribution in [1.82, 2.24) is 25.0 Å². The van der Waals surface area contributed by atoms with Gasteiger partial charge in [-0.15, -0.1) is 11.3 Å². The van der Waals surface area contributed by atoms with E-state index in [1.807, 2.05) is 27.7 Å². The van der Waals surface area contributed by atoms with Gasteiger partial charge in [0.15, 0.2) is 11.5 Å². The van der Waals surface area contributed by atoms with E-state index in [-0.39, 0.29) is 17.9 Å². The number of carbonyl (C=O) groups excluding carboxylic acids is 2. The molecule has 1 atom stereocenters. The van der Waals surface area contributed by atoms with Crippen molar-refractivity contribution < 1.29 is 14.0 Å². The molecular formula is C21H25N5O3S. The van der Waals surface area contributed by atoms with Crippen LogP contribution in [-0.2, 0) is 13.0 Å². The standard InChI is InChI=1S/C21H25N5O3S/c1-11-7-9-29-19(11)21(28)26-8-6-15-16(10-26)23-24-18(15)20(27)25(5)12(2)17-13(3)30-14(4)22-17/h7,9,12H,6,8,10H2,1-5H3,(H,23,24). The van der Waals surface area contributed by atoms with Gasteiger partial charge in [-0.1, -0.05) is 0 Å². The number of fused-ring (bicyclic) bond motifs is 1. The first-order chi connectivity index (χ1) is 14.3. The zero-order valence-corrected chi connectivity index (χ0v) is 18.6. The Balaban J connectivity index is 1.52. The van der Waals surface area contributed by atoms with E-state index in [9.17, 15) is 9.59 Å². The molecule has 0 saturated heterocycles. The molecule has 0 aromatic carbocycles. The number of thiazole rings is 1. The topological polar surface area (TPSA) is 95.3 Å². The smallest absolute Gasteiger partial charge is 0.290 e. The zero-order chi connectivity index (χ0) is 21.6. The summed E-state index contributed by atoms with van der Waals surface area (Å²) in [4.78, 5) is 35.0. The molecule has 4 rings (SSSR count). The van der Waals surface area contributed by atoms with E-state index >= 15 is 0 Å². The molecule has 30 heavy (non-hydrogen) atoms. The Morgan fingerprint density at radius 2 is 2.10 bits per heavy atom. The first kappa shape index (κ1) is 20.3. The summed E-state index contributed by atoms with van der Waals surface area (Å²) >= 11 is 1.63. The largest absolute Gasteiger partial charge is 0.459 e. The summed E-state index contributed by atoms with van der Waals surface area (Å²) in [6.45, 7) is 8.70. The Hall–Kier alpha value is -2.94. The summed E-state index contributed by atoms with van der Waals surface area (Å²) in [6, 6.07) is 1.62. The average molecular weight is 428 g/mol. The second kappa shape index (κ2) is 7.71. The summed E-state index contributed by atoms with van der Waals surface area (Å²) in [5.74, 6) is 0.0641. The number of hydrogen-bond acceptors (Lipinski definition) is 6. The molecule has 4 heterocycles. The van der Waals surface area contributed by atoms with Crippen molar-refractivity contribution in [2.45, 2.75) is 46.7 Å². The highest BCUT2D eigenvalue weighted by Gasteiger charge is 2.32. The maximum Gasteiger partial charge on any atom is 0.290 e. The average Bonchev–Trinajstić information content (AvgIpc) is 3.43. The number of hydrogen-bond donors (Lipinski definition) is 1. The number of H-pyrrole nitrogens is 1. The number of aromatic nitrogens is 3. The van der Waals surface area contributed by atoms with Crippen LogP contribution in [0.25, 0.3) is 0 Å².